The van der Waals surface area contributed by atoms with E-state index in [-0.39, 0.29) is 23.0 Å². The fourth-order valence-electron chi connectivity index (χ4n) is 2.03. The van der Waals surface area contributed by atoms with Crippen LogP contribution in [0.25, 0.3) is 0 Å². The molecule has 6 nitrogen and oxygen atoms in total. The third kappa shape index (κ3) is 4.40. The highest BCUT2D eigenvalue weighted by molar-refractivity contribution is 6.32. The van der Waals surface area contributed by atoms with Crippen LogP contribution in [0.3, 0.4) is 0 Å². The minimum atomic E-state index is -4.52. The van der Waals surface area contributed by atoms with E-state index in [1.165, 1.54) is 0 Å². The number of halogens is 4. The van der Waals surface area contributed by atoms with Crippen molar-refractivity contribution in [2.24, 2.45) is 5.16 Å². The zero-order valence-corrected chi connectivity index (χ0v) is 13.6. The number of alkyl halides is 3. The molecule has 0 spiro atoms. The van der Waals surface area contributed by atoms with Crippen LogP contribution in [-0.2, 0) is 11.0 Å². The van der Waals surface area contributed by atoms with Gasteiger partial charge in [0.2, 0.25) is 0 Å². The molecule has 0 aromatic carbocycles. The summed E-state index contributed by atoms with van der Waals surface area (Å²) in [6, 6.07) is 4.33. The molecule has 1 aromatic heterocycles. The first kappa shape index (κ1) is 18.6. The molecule has 10 heteroatoms. The molecule has 1 aromatic rings. The van der Waals surface area contributed by atoms with Crippen molar-refractivity contribution < 1.29 is 18.0 Å². The maximum absolute atomic E-state index is 12.6. The van der Waals surface area contributed by atoms with Crippen LogP contribution in [-0.4, -0.2) is 23.3 Å². The molecule has 0 amide bonds. The summed E-state index contributed by atoms with van der Waals surface area (Å²) in [6.45, 7) is 1.78. The second kappa shape index (κ2) is 7.41. The number of nitrogens with zero attached hydrogens (tertiary/aromatic N) is 4. The third-order valence-corrected chi connectivity index (χ3v) is 3.72. The average molecular weight is 370 g/mol. The van der Waals surface area contributed by atoms with Crippen molar-refractivity contribution in [1.82, 2.24) is 4.98 Å². The molecule has 0 bridgehead atoms. The number of anilines is 1. The summed E-state index contributed by atoms with van der Waals surface area (Å²) >= 11 is 5.81. The number of allylic oxidation sites excluding steroid dienone is 2. The predicted octanol–water partition coefficient (Wildman–Crippen LogP) is 3.67. The molecule has 25 heavy (non-hydrogen) atoms. The molecule has 0 fully saturated rings. The molecular formula is C15H11ClF3N5O. The number of pyridine rings is 1. The lowest BCUT2D eigenvalue weighted by molar-refractivity contribution is -0.137. The molecule has 1 aliphatic rings. The van der Waals surface area contributed by atoms with E-state index in [1.807, 2.05) is 0 Å². The van der Waals surface area contributed by atoms with Gasteiger partial charge in [-0.2, -0.15) is 23.7 Å². The van der Waals surface area contributed by atoms with Crippen LogP contribution >= 0.6 is 11.6 Å². The van der Waals surface area contributed by atoms with E-state index in [1.54, 1.807) is 19.1 Å². The standard InChI is InChI=1S/C15H11ClF3N5O/c1-8(9(4-20)5-21)13-3-11(25-24-13)7-23-14-12(16)2-10(6-22-14)15(17,18)19/h2,6,11H,3,7H2,1H3,(H,22,23)/t11-/m1/s1. The summed E-state index contributed by atoms with van der Waals surface area (Å²) in [6.07, 6.45) is -3.92. The first-order valence-corrected chi connectivity index (χ1v) is 7.34. The number of nitrogens with one attached hydrogen (secondary N) is 1. The zero-order valence-electron chi connectivity index (χ0n) is 12.9. The van der Waals surface area contributed by atoms with Gasteiger partial charge in [-0.25, -0.2) is 4.98 Å². The highest BCUT2D eigenvalue weighted by atomic mass is 35.5. The summed E-state index contributed by atoms with van der Waals surface area (Å²) in [5.41, 5.74) is -0.0925. The Labute approximate surface area is 146 Å². The topological polar surface area (TPSA) is 94.1 Å². The summed E-state index contributed by atoms with van der Waals surface area (Å²) in [5, 5.41) is 24.1. The van der Waals surface area contributed by atoms with E-state index in [4.69, 9.17) is 27.0 Å². The summed E-state index contributed by atoms with van der Waals surface area (Å²) in [4.78, 5) is 8.85. The smallest absolute Gasteiger partial charge is 0.390 e. The van der Waals surface area contributed by atoms with E-state index < -0.39 is 17.8 Å². The molecule has 0 aliphatic carbocycles. The number of hydrogen-bond donors (Lipinski definition) is 1. The molecule has 0 saturated carbocycles. The van der Waals surface area contributed by atoms with Gasteiger partial charge in [0.25, 0.3) is 0 Å². The van der Waals surface area contributed by atoms with E-state index in [9.17, 15) is 13.2 Å². The highest BCUT2D eigenvalue weighted by Gasteiger charge is 2.31. The molecule has 0 unspecified atom stereocenters. The van der Waals surface area contributed by atoms with Crippen molar-refractivity contribution in [2.45, 2.75) is 25.6 Å². The largest absolute Gasteiger partial charge is 0.417 e. The Balaban J connectivity index is 1.98. The molecule has 1 N–H and O–H groups in total. The van der Waals surface area contributed by atoms with Gasteiger partial charge >= 0.3 is 6.18 Å². The Morgan fingerprint density at radius 1 is 1.44 bits per heavy atom. The molecule has 2 heterocycles. The minimum absolute atomic E-state index is 0.0524. The van der Waals surface area contributed by atoms with Gasteiger partial charge in [-0.05, 0) is 13.0 Å². The number of hydrogen-bond acceptors (Lipinski definition) is 6. The number of oxime groups is 1. The summed E-state index contributed by atoms with van der Waals surface area (Å²) < 4.78 is 37.7. The Morgan fingerprint density at radius 3 is 2.68 bits per heavy atom. The summed E-state index contributed by atoms with van der Waals surface area (Å²) in [7, 11) is 0. The molecule has 2 rings (SSSR count). The minimum Gasteiger partial charge on any atom is -0.390 e. The van der Waals surface area contributed by atoms with Crippen molar-refractivity contribution in [1.29, 1.82) is 10.5 Å². The maximum Gasteiger partial charge on any atom is 0.417 e. The van der Waals surface area contributed by atoms with Gasteiger partial charge in [0.1, 0.15) is 29.6 Å². The number of rotatable bonds is 4. The van der Waals surface area contributed by atoms with Crippen LogP contribution in [0, 0.1) is 22.7 Å². The first-order chi connectivity index (χ1) is 11.8. The first-order valence-electron chi connectivity index (χ1n) is 6.97. The Morgan fingerprint density at radius 2 is 2.12 bits per heavy atom. The lowest BCUT2D eigenvalue weighted by Gasteiger charge is -2.13. The molecule has 1 atom stereocenters. The Hall–Kier alpha value is -2.78. The van der Waals surface area contributed by atoms with Crippen LogP contribution in [0.1, 0.15) is 18.9 Å². The SMILES string of the molecule is CC(C1=NO[C@@H](CNc2ncc(C(F)(F)F)cc2Cl)C1)=C(C#N)C#N. The van der Waals surface area contributed by atoms with E-state index in [2.05, 4.69) is 15.5 Å². The van der Waals surface area contributed by atoms with Crippen LogP contribution in [0.15, 0.2) is 28.6 Å². The second-order valence-electron chi connectivity index (χ2n) is 5.13. The van der Waals surface area contributed by atoms with Crippen molar-refractivity contribution in [3.63, 3.8) is 0 Å². The lowest BCUT2D eigenvalue weighted by atomic mass is 10.0. The van der Waals surface area contributed by atoms with Gasteiger partial charge in [-0.1, -0.05) is 16.8 Å². The monoisotopic (exact) mass is 369 g/mol. The normalized spacial score (nSPS) is 16.3. The van der Waals surface area contributed by atoms with Gasteiger partial charge in [-0.15, -0.1) is 0 Å². The number of aromatic nitrogens is 1. The molecular weight excluding hydrogens is 359 g/mol. The maximum atomic E-state index is 12.6. The van der Waals surface area contributed by atoms with Crippen molar-refractivity contribution in [3.8, 4) is 12.1 Å². The van der Waals surface area contributed by atoms with Crippen molar-refractivity contribution in [2.75, 3.05) is 11.9 Å². The van der Waals surface area contributed by atoms with Crippen LogP contribution < -0.4 is 5.32 Å². The van der Waals surface area contributed by atoms with E-state index in [0.29, 0.717) is 23.9 Å². The lowest BCUT2D eigenvalue weighted by Crippen LogP contribution is -2.21. The Kier molecular flexibility index (Phi) is 5.50. The van der Waals surface area contributed by atoms with Crippen LogP contribution in [0.5, 0.6) is 0 Å². The molecule has 0 radical (unpaired) electrons. The molecule has 1 aliphatic heterocycles. The fraction of sp³-hybridized carbons (Fsp3) is 0.333. The van der Waals surface area contributed by atoms with E-state index >= 15 is 0 Å². The average Bonchev–Trinajstić information content (AvgIpc) is 3.02. The van der Waals surface area contributed by atoms with Gasteiger partial charge < -0.3 is 10.2 Å². The van der Waals surface area contributed by atoms with E-state index in [0.717, 1.165) is 6.07 Å². The zero-order chi connectivity index (χ0) is 18.6. The Bertz CT molecular complexity index is 804. The van der Waals surface area contributed by atoms with Gasteiger partial charge in [0, 0.05) is 18.2 Å². The van der Waals surface area contributed by atoms with Crippen LogP contribution in [0.2, 0.25) is 5.02 Å². The van der Waals surface area contributed by atoms with Gasteiger partial charge in [0.15, 0.2) is 0 Å². The van der Waals surface area contributed by atoms with Gasteiger partial charge in [-0.3, -0.25) is 0 Å². The fourth-order valence-corrected chi connectivity index (χ4v) is 2.26. The molecule has 0 saturated heterocycles. The summed E-state index contributed by atoms with van der Waals surface area (Å²) in [5.74, 6) is 0.0914. The second-order valence-corrected chi connectivity index (χ2v) is 5.53. The number of nitriles is 2. The van der Waals surface area contributed by atoms with Gasteiger partial charge in [0.05, 0.1) is 22.8 Å². The predicted molar refractivity (Wildman–Crippen MR) is 83.6 cm³/mol. The van der Waals surface area contributed by atoms with Crippen molar-refractivity contribution >= 4 is 23.1 Å². The quantitative estimate of drug-likeness (QED) is 0.817. The van der Waals surface area contributed by atoms with Crippen LogP contribution in [0.4, 0.5) is 19.0 Å². The molecule has 130 valence electrons. The van der Waals surface area contributed by atoms with Crippen molar-refractivity contribution in [3.05, 3.63) is 34.0 Å². The third-order valence-electron chi connectivity index (χ3n) is 3.43. The highest BCUT2D eigenvalue weighted by Crippen LogP contribution is 2.32.